The quantitative estimate of drug-likeness (QED) is 0.418. The molecule has 0 atom stereocenters. The van der Waals surface area contributed by atoms with E-state index in [1.54, 1.807) is 0 Å². The van der Waals surface area contributed by atoms with Gasteiger partial charge in [-0.3, -0.25) is 0 Å². The van der Waals surface area contributed by atoms with Crippen LogP contribution in [0, 0.1) is 0 Å². The summed E-state index contributed by atoms with van der Waals surface area (Å²) in [6.07, 6.45) is 1.75. The van der Waals surface area contributed by atoms with Gasteiger partial charge in [0.1, 0.15) is 0 Å². The maximum absolute atomic E-state index is 9.58. The van der Waals surface area contributed by atoms with E-state index in [4.69, 9.17) is 10.2 Å². The minimum atomic E-state index is -1.67. The van der Waals surface area contributed by atoms with Crippen LogP contribution in [0.25, 0.3) is 0 Å². The second-order valence-electron chi connectivity index (χ2n) is 6.02. The molecule has 0 saturated heterocycles. The van der Waals surface area contributed by atoms with Gasteiger partial charge in [0.2, 0.25) is 0 Å². The van der Waals surface area contributed by atoms with E-state index in [1.807, 2.05) is 13.8 Å². The Morgan fingerprint density at radius 1 is 0.480 bits per heavy atom. The maximum Gasteiger partial charge on any atom is 0.187 e. The molecular weight excluding hydrogens is 384 g/mol. The molecule has 0 spiro atoms. The second-order valence-corrected chi connectivity index (χ2v) is 15.2. The van der Waals surface area contributed by atoms with E-state index < -0.39 is 16.6 Å². The average molecular weight is 433 g/mol. The molecule has 0 aromatic carbocycles. The number of hydrogen-bond acceptors (Lipinski definition) is 4. The first-order valence-corrected chi connectivity index (χ1v) is 15.0. The van der Waals surface area contributed by atoms with Gasteiger partial charge in [-0.2, -0.15) is 0 Å². The molecule has 0 bridgehead atoms. The van der Waals surface area contributed by atoms with Crippen LogP contribution in [0.4, 0.5) is 0 Å². The van der Waals surface area contributed by atoms with E-state index in [0.29, 0.717) is 13.2 Å². The van der Waals surface area contributed by atoms with Gasteiger partial charge < -0.3 is 19.8 Å². The Kier molecular flexibility index (Phi) is 40.1. The molecule has 0 aliphatic rings. The Labute approximate surface area is 175 Å². The van der Waals surface area contributed by atoms with Crippen LogP contribution < -0.4 is 0 Å². The van der Waals surface area contributed by atoms with Gasteiger partial charge in [0.25, 0.3) is 0 Å². The van der Waals surface area contributed by atoms with Crippen molar-refractivity contribution in [1.82, 2.24) is 0 Å². The molecule has 0 aliphatic heterocycles. The summed E-state index contributed by atoms with van der Waals surface area (Å²) in [5, 5.41) is 15.8. The van der Waals surface area contributed by atoms with Gasteiger partial charge in [-0.25, -0.2) is 0 Å². The molecule has 0 aromatic heterocycles. The number of rotatable bonds is 8. The molecule has 0 amide bonds. The zero-order chi connectivity index (χ0) is 20.1. The van der Waals surface area contributed by atoms with Crippen LogP contribution in [0.1, 0.15) is 68.2 Å². The second kappa shape index (κ2) is 27.2. The summed E-state index contributed by atoms with van der Waals surface area (Å²) in [6, 6.07) is 6.08. The standard InChI is InChI=1S/2C6H16OSi.2C3H8O.Ti/c2*1-4-8(7,5-2)6-3;2*1-2-3-4;/h2*7H,4-6H2,1-3H3;2*4H,2-3H2,1H3;. The molecule has 0 fully saturated rings. The van der Waals surface area contributed by atoms with Crippen molar-refractivity contribution in [3.8, 4) is 0 Å². The Balaban J connectivity index is -0.0000000739. The number of hydrogen-bond donors (Lipinski definition) is 4. The minimum Gasteiger partial charge on any atom is -0.432 e. The molecule has 0 rings (SSSR count). The smallest absolute Gasteiger partial charge is 0.187 e. The van der Waals surface area contributed by atoms with Gasteiger partial charge in [0, 0.05) is 34.9 Å². The van der Waals surface area contributed by atoms with Gasteiger partial charge >= 0.3 is 0 Å². The number of aliphatic hydroxyl groups excluding tert-OH is 2. The van der Waals surface area contributed by atoms with E-state index in [-0.39, 0.29) is 21.7 Å². The van der Waals surface area contributed by atoms with Crippen molar-refractivity contribution in [3.05, 3.63) is 0 Å². The summed E-state index contributed by atoms with van der Waals surface area (Å²) in [6.45, 7) is 17.0. The van der Waals surface area contributed by atoms with Crippen LogP contribution in [0.15, 0.2) is 0 Å². The van der Waals surface area contributed by atoms with Crippen molar-refractivity contribution in [1.29, 1.82) is 0 Å². The molecule has 0 heterocycles. The van der Waals surface area contributed by atoms with Crippen molar-refractivity contribution in [3.63, 3.8) is 0 Å². The molecule has 156 valence electrons. The molecule has 7 heteroatoms. The monoisotopic (exact) mass is 432 g/mol. The molecule has 0 aromatic rings. The van der Waals surface area contributed by atoms with Crippen LogP contribution in [0.5, 0.6) is 0 Å². The Morgan fingerprint density at radius 2 is 0.600 bits per heavy atom. The molecule has 0 aliphatic carbocycles. The largest absolute Gasteiger partial charge is 0.432 e. The van der Waals surface area contributed by atoms with Gasteiger partial charge in [0.15, 0.2) is 16.6 Å². The van der Waals surface area contributed by atoms with Gasteiger partial charge in [-0.05, 0) is 49.1 Å². The number of aliphatic hydroxyl groups is 2. The summed E-state index contributed by atoms with van der Waals surface area (Å²) in [5.74, 6) is 0. The zero-order valence-corrected chi connectivity index (χ0v) is 21.9. The maximum atomic E-state index is 9.58. The first-order chi connectivity index (χ1) is 11.2. The summed E-state index contributed by atoms with van der Waals surface area (Å²) >= 11 is 0. The van der Waals surface area contributed by atoms with Crippen molar-refractivity contribution < 1.29 is 41.5 Å². The van der Waals surface area contributed by atoms with Crippen LogP contribution in [-0.2, 0) is 21.7 Å². The topological polar surface area (TPSA) is 80.9 Å². The predicted octanol–water partition coefficient (Wildman–Crippen LogP) is 4.74. The molecule has 4 nitrogen and oxygen atoms in total. The van der Waals surface area contributed by atoms with E-state index in [2.05, 4.69) is 41.5 Å². The van der Waals surface area contributed by atoms with Gasteiger partial charge in [-0.1, -0.05) is 55.4 Å². The fourth-order valence-corrected chi connectivity index (χ4v) is 4.50. The van der Waals surface area contributed by atoms with E-state index in [0.717, 1.165) is 49.1 Å². The third kappa shape index (κ3) is 30.0. The van der Waals surface area contributed by atoms with Crippen molar-refractivity contribution >= 4 is 16.6 Å². The van der Waals surface area contributed by atoms with Crippen LogP contribution in [0.2, 0.25) is 36.3 Å². The van der Waals surface area contributed by atoms with E-state index in [1.165, 1.54) is 0 Å². The zero-order valence-electron chi connectivity index (χ0n) is 18.4. The Bertz CT molecular complexity index is 173. The van der Waals surface area contributed by atoms with Crippen LogP contribution >= 0.6 is 0 Å². The first-order valence-electron chi connectivity index (χ1n) is 9.86. The molecule has 0 radical (unpaired) electrons. The Morgan fingerprint density at radius 3 is 0.600 bits per heavy atom. The summed E-state index contributed by atoms with van der Waals surface area (Å²) in [4.78, 5) is 19.2. The van der Waals surface area contributed by atoms with Crippen molar-refractivity contribution in [2.24, 2.45) is 0 Å². The predicted molar refractivity (Wildman–Crippen MR) is 114 cm³/mol. The SMILES string of the molecule is CCCO.CCCO.CC[Si](O)(CC)CC.CC[Si](O)(CC)CC.[Ti]. The van der Waals surface area contributed by atoms with Crippen molar-refractivity contribution in [2.75, 3.05) is 13.2 Å². The minimum absolute atomic E-state index is 0. The summed E-state index contributed by atoms with van der Waals surface area (Å²) in [7, 11) is -3.34. The van der Waals surface area contributed by atoms with Gasteiger partial charge in [0.05, 0.1) is 0 Å². The van der Waals surface area contributed by atoms with E-state index in [9.17, 15) is 9.59 Å². The van der Waals surface area contributed by atoms with Gasteiger partial charge in [-0.15, -0.1) is 0 Å². The molecule has 0 saturated carbocycles. The third-order valence-corrected chi connectivity index (χ3v) is 12.3. The van der Waals surface area contributed by atoms with E-state index >= 15 is 0 Å². The van der Waals surface area contributed by atoms with Crippen molar-refractivity contribution in [2.45, 2.75) is 104 Å². The molecule has 0 unspecified atom stereocenters. The fourth-order valence-electron chi connectivity index (χ4n) is 1.50. The third-order valence-electron chi connectivity index (χ3n) is 4.40. The Hall–Kier alpha value is 0.988. The summed E-state index contributed by atoms with van der Waals surface area (Å²) in [5.41, 5.74) is 0. The first kappa shape index (κ1) is 36.8. The summed E-state index contributed by atoms with van der Waals surface area (Å²) < 4.78 is 0. The van der Waals surface area contributed by atoms with Crippen LogP contribution in [0.3, 0.4) is 0 Å². The molecule has 25 heavy (non-hydrogen) atoms. The average Bonchev–Trinajstić information content (AvgIpc) is 2.67. The van der Waals surface area contributed by atoms with Crippen LogP contribution in [-0.4, -0.2) is 49.7 Å². The normalized spacial score (nSPS) is 10.1. The fraction of sp³-hybridized carbons (Fsp3) is 1.00. The molecular formula is C18H48O4Si2Ti. The molecule has 4 N–H and O–H groups in total.